The van der Waals surface area contributed by atoms with E-state index in [2.05, 4.69) is 22.9 Å². The zero-order valence-corrected chi connectivity index (χ0v) is 13.8. The third-order valence-corrected chi connectivity index (χ3v) is 5.60. The second kappa shape index (κ2) is 7.02. The maximum atomic E-state index is 12.6. The second-order valence-electron chi connectivity index (χ2n) is 4.72. The third kappa shape index (κ3) is 4.03. The maximum Gasteiger partial charge on any atom is 0.227 e. The second-order valence-corrected chi connectivity index (χ2v) is 7.56. The van der Waals surface area contributed by atoms with Crippen LogP contribution in [-0.2, 0) is 24.3 Å². The lowest BCUT2D eigenvalue weighted by Gasteiger charge is -2.21. The molecule has 0 saturated carbocycles. The van der Waals surface area contributed by atoms with Gasteiger partial charge in [-0.2, -0.15) is 11.3 Å². The van der Waals surface area contributed by atoms with E-state index in [0.717, 1.165) is 5.56 Å². The average Bonchev–Trinajstić information content (AvgIpc) is 3.21. The highest BCUT2D eigenvalue weighted by Gasteiger charge is 2.16. The SMILES string of the molecule is O=C(Cc1ccsc1)N(Cc1cccs1)Cc1cccs1. The lowest BCUT2D eigenvalue weighted by molar-refractivity contribution is -0.131. The van der Waals surface area contributed by atoms with E-state index in [1.54, 1.807) is 34.0 Å². The minimum Gasteiger partial charge on any atom is -0.332 e. The van der Waals surface area contributed by atoms with Crippen molar-refractivity contribution in [1.29, 1.82) is 0 Å². The molecule has 0 radical (unpaired) electrons. The molecule has 1 amide bonds. The standard InChI is InChI=1S/C16H15NOS3/c18-16(9-13-5-8-19-12-13)17(10-14-3-1-6-20-14)11-15-4-2-7-21-15/h1-8,12H,9-11H2. The van der Waals surface area contributed by atoms with Crippen molar-refractivity contribution in [2.24, 2.45) is 0 Å². The Morgan fingerprint density at radius 3 is 2.10 bits per heavy atom. The van der Waals surface area contributed by atoms with Crippen molar-refractivity contribution in [3.63, 3.8) is 0 Å². The van der Waals surface area contributed by atoms with E-state index in [1.807, 2.05) is 33.9 Å². The van der Waals surface area contributed by atoms with Gasteiger partial charge in [-0.25, -0.2) is 0 Å². The summed E-state index contributed by atoms with van der Waals surface area (Å²) in [5.74, 6) is 0.190. The molecular formula is C16H15NOS3. The van der Waals surface area contributed by atoms with Crippen LogP contribution in [0.15, 0.2) is 51.9 Å². The molecule has 0 aromatic carbocycles. The van der Waals surface area contributed by atoms with E-state index >= 15 is 0 Å². The van der Waals surface area contributed by atoms with Gasteiger partial charge in [-0.3, -0.25) is 4.79 Å². The van der Waals surface area contributed by atoms with Crippen LogP contribution in [0, 0.1) is 0 Å². The summed E-state index contributed by atoms with van der Waals surface area (Å²) >= 11 is 5.04. The molecule has 0 aliphatic heterocycles. The first-order chi connectivity index (χ1) is 10.3. The minimum atomic E-state index is 0.190. The van der Waals surface area contributed by atoms with Crippen LogP contribution in [0.2, 0.25) is 0 Å². The summed E-state index contributed by atoms with van der Waals surface area (Å²) in [6.07, 6.45) is 0.486. The summed E-state index contributed by atoms with van der Waals surface area (Å²) in [4.78, 5) is 17.0. The van der Waals surface area contributed by atoms with Gasteiger partial charge in [0.15, 0.2) is 0 Å². The molecule has 0 aliphatic carbocycles. The van der Waals surface area contributed by atoms with Gasteiger partial charge in [-0.1, -0.05) is 12.1 Å². The highest BCUT2D eigenvalue weighted by atomic mass is 32.1. The zero-order valence-electron chi connectivity index (χ0n) is 11.4. The van der Waals surface area contributed by atoms with Crippen LogP contribution >= 0.6 is 34.0 Å². The molecule has 0 N–H and O–H groups in total. The summed E-state index contributed by atoms with van der Waals surface area (Å²) < 4.78 is 0. The largest absolute Gasteiger partial charge is 0.332 e. The van der Waals surface area contributed by atoms with Crippen molar-refractivity contribution in [3.05, 3.63) is 67.2 Å². The van der Waals surface area contributed by atoms with Gasteiger partial charge in [-0.05, 0) is 45.3 Å². The molecule has 21 heavy (non-hydrogen) atoms. The highest BCUT2D eigenvalue weighted by molar-refractivity contribution is 7.10. The number of hydrogen-bond acceptors (Lipinski definition) is 4. The fourth-order valence-corrected chi connectivity index (χ4v) is 4.20. The summed E-state index contributed by atoms with van der Waals surface area (Å²) in [6.45, 7) is 1.39. The highest BCUT2D eigenvalue weighted by Crippen LogP contribution is 2.18. The number of carbonyl (C=O) groups is 1. The Morgan fingerprint density at radius 2 is 1.62 bits per heavy atom. The zero-order chi connectivity index (χ0) is 14.5. The quantitative estimate of drug-likeness (QED) is 0.643. The van der Waals surface area contributed by atoms with Crippen LogP contribution in [0.1, 0.15) is 15.3 Å². The molecule has 2 nitrogen and oxygen atoms in total. The Balaban J connectivity index is 1.72. The monoisotopic (exact) mass is 333 g/mol. The van der Waals surface area contributed by atoms with Crippen molar-refractivity contribution in [3.8, 4) is 0 Å². The van der Waals surface area contributed by atoms with E-state index < -0.39 is 0 Å². The van der Waals surface area contributed by atoms with E-state index in [-0.39, 0.29) is 5.91 Å². The predicted molar refractivity (Wildman–Crippen MR) is 90.9 cm³/mol. The van der Waals surface area contributed by atoms with E-state index in [4.69, 9.17) is 0 Å². The van der Waals surface area contributed by atoms with Gasteiger partial charge in [0.25, 0.3) is 0 Å². The van der Waals surface area contributed by atoms with Gasteiger partial charge in [0, 0.05) is 9.75 Å². The van der Waals surface area contributed by atoms with Gasteiger partial charge < -0.3 is 4.90 Å². The Hall–Kier alpha value is -1.43. The Kier molecular flexibility index (Phi) is 4.85. The molecule has 0 saturated heterocycles. The first-order valence-corrected chi connectivity index (χ1v) is 9.35. The van der Waals surface area contributed by atoms with Crippen molar-refractivity contribution in [1.82, 2.24) is 4.90 Å². The third-order valence-electron chi connectivity index (χ3n) is 3.14. The predicted octanol–water partition coefficient (Wildman–Crippen LogP) is 4.64. The average molecular weight is 334 g/mol. The Labute approximate surface area is 136 Å². The topological polar surface area (TPSA) is 20.3 Å². The normalized spacial score (nSPS) is 10.7. The molecule has 3 aromatic rings. The molecule has 0 aliphatic rings. The number of rotatable bonds is 6. The molecular weight excluding hydrogens is 318 g/mol. The lowest BCUT2D eigenvalue weighted by Crippen LogP contribution is -2.30. The first-order valence-electron chi connectivity index (χ1n) is 6.65. The first kappa shape index (κ1) is 14.5. The fraction of sp³-hybridized carbons (Fsp3) is 0.188. The van der Waals surface area contributed by atoms with Crippen molar-refractivity contribution in [2.45, 2.75) is 19.5 Å². The lowest BCUT2D eigenvalue weighted by atomic mass is 10.2. The van der Waals surface area contributed by atoms with Gasteiger partial charge in [0.1, 0.15) is 0 Å². The van der Waals surface area contributed by atoms with Crippen LogP contribution in [0.25, 0.3) is 0 Å². The van der Waals surface area contributed by atoms with Crippen LogP contribution in [0.4, 0.5) is 0 Å². The van der Waals surface area contributed by atoms with Gasteiger partial charge >= 0.3 is 0 Å². The van der Waals surface area contributed by atoms with Gasteiger partial charge in [0.2, 0.25) is 5.91 Å². The number of thiophene rings is 3. The summed E-state index contributed by atoms with van der Waals surface area (Å²) in [6, 6.07) is 10.3. The van der Waals surface area contributed by atoms with E-state index in [9.17, 15) is 4.79 Å². The number of carbonyl (C=O) groups excluding carboxylic acids is 1. The molecule has 3 rings (SSSR count). The molecule has 0 unspecified atom stereocenters. The maximum absolute atomic E-state index is 12.6. The van der Waals surface area contributed by atoms with Crippen molar-refractivity contribution >= 4 is 39.9 Å². The van der Waals surface area contributed by atoms with Crippen LogP contribution < -0.4 is 0 Å². The molecule has 0 fully saturated rings. The van der Waals surface area contributed by atoms with Gasteiger partial charge in [-0.15, -0.1) is 22.7 Å². The fourth-order valence-electron chi connectivity index (χ4n) is 2.09. The summed E-state index contributed by atoms with van der Waals surface area (Å²) in [7, 11) is 0. The van der Waals surface area contributed by atoms with Gasteiger partial charge in [0.05, 0.1) is 19.5 Å². The molecule has 3 heterocycles. The van der Waals surface area contributed by atoms with Crippen molar-refractivity contribution in [2.75, 3.05) is 0 Å². The van der Waals surface area contributed by atoms with E-state index in [1.165, 1.54) is 9.75 Å². The summed E-state index contributed by atoms with van der Waals surface area (Å²) in [5.41, 5.74) is 1.10. The molecule has 5 heteroatoms. The summed E-state index contributed by atoms with van der Waals surface area (Å²) in [5, 5.41) is 8.18. The van der Waals surface area contributed by atoms with Crippen LogP contribution in [0.3, 0.4) is 0 Å². The Morgan fingerprint density at radius 1 is 0.952 bits per heavy atom. The molecule has 0 spiro atoms. The minimum absolute atomic E-state index is 0.190. The van der Waals surface area contributed by atoms with Crippen LogP contribution in [-0.4, -0.2) is 10.8 Å². The number of hydrogen-bond donors (Lipinski definition) is 0. The number of amides is 1. The smallest absolute Gasteiger partial charge is 0.227 e. The van der Waals surface area contributed by atoms with Crippen LogP contribution in [0.5, 0.6) is 0 Å². The molecule has 0 atom stereocenters. The molecule has 0 bridgehead atoms. The number of nitrogens with zero attached hydrogens (tertiary/aromatic N) is 1. The molecule has 108 valence electrons. The van der Waals surface area contributed by atoms with Crippen molar-refractivity contribution < 1.29 is 4.79 Å². The molecule has 3 aromatic heterocycles. The Bertz CT molecular complexity index is 620. The van der Waals surface area contributed by atoms with E-state index in [0.29, 0.717) is 19.5 Å².